The van der Waals surface area contributed by atoms with E-state index in [4.69, 9.17) is 4.74 Å². The third-order valence-corrected chi connectivity index (χ3v) is 4.36. The molecule has 1 N–H and O–H groups in total. The molecule has 0 aromatic heterocycles. The first-order chi connectivity index (χ1) is 12.5. The predicted octanol–water partition coefficient (Wildman–Crippen LogP) is 2.67. The van der Waals surface area contributed by atoms with Gasteiger partial charge in [-0.25, -0.2) is 4.39 Å². The van der Waals surface area contributed by atoms with Gasteiger partial charge in [-0.1, -0.05) is 18.2 Å². The Balaban J connectivity index is 1.83. The molecule has 0 saturated heterocycles. The summed E-state index contributed by atoms with van der Waals surface area (Å²) in [7, 11) is 1.55. The summed E-state index contributed by atoms with van der Waals surface area (Å²) < 4.78 is 19.6. The Morgan fingerprint density at radius 3 is 2.50 bits per heavy atom. The van der Waals surface area contributed by atoms with Gasteiger partial charge in [0.1, 0.15) is 11.6 Å². The first kappa shape index (κ1) is 17.7. The van der Waals surface area contributed by atoms with E-state index in [-0.39, 0.29) is 16.8 Å². The average Bonchev–Trinajstić information content (AvgIpc) is 3.13. The molecule has 0 saturated carbocycles. The molecule has 0 radical (unpaired) electrons. The number of carbonyl (C=O) groups excluding carboxylic acids is 2. The van der Waals surface area contributed by atoms with Crippen molar-refractivity contribution in [1.29, 1.82) is 0 Å². The largest absolute Gasteiger partial charge is 0.545 e. The van der Waals surface area contributed by atoms with Crippen molar-refractivity contribution in [1.82, 2.24) is 0 Å². The van der Waals surface area contributed by atoms with Gasteiger partial charge in [-0.2, -0.15) is 0 Å². The maximum Gasteiger partial charge on any atom is 0.252 e. The number of anilines is 1. The van der Waals surface area contributed by atoms with E-state index in [1.807, 2.05) is 6.07 Å². The maximum absolute atomic E-state index is 14.4. The van der Waals surface area contributed by atoms with Crippen LogP contribution in [0.3, 0.4) is 0 Å². The molecule has 26 heavy (non-hydrogen) atoms. The van der Waals surface area contributed by atoms with Crippen molar-refractivity contribution < 1.29 is 23.8 Å². The Kier molecular flexibility index (Phi) is 5.02. The molecule has 0 aliphatic heterocycles. The van der Waals surface area contributed by atoms with Crippen molar-refractivity contribution in [2.45, 2.75) is 19.3 Å². The van der Waals surface area contributed by atoms with E-state index in [1.165, 1.54) is 12.1 Å². The number of carbonyl (C=O) groups is 2. The van der Waals surface area contributed by atoms with Crippen LogP contribution < -0.4 is 15.2 Å². The number of amides is 1. The summed E-state index contributed by atoms with van der Waals surface area (Å²) in [5.74, 6) is -1.90. The zero-order chi connectivity index (χ0) is 18.7. The lowest BCUT2D eigenvalue weighted by atomic mass is 10.0. The predicted molar refractivity (Wildman–Crippen MR) is 92.9 cm³/mol. The quantitative estimate of drug-likeness (QED) is 0.895. The summed E-state index contributed by atoms with van der Waals surface area (Å²) in [5, 5.41) is 13.5. The summed E-state index contributed by atoms with van der Waals surface area (Å²) in [6.07, 6.45) is 1.21. The molecule has 2 aromatic carbocycles. The number of benzene rings is 2. The minimum Gasteiger partial charge on any atom is -0.545 e. The lowest BCUT2D eigenvalue weighted by Crippen LogP contribution is -2.26. The average molecular weight is 354 g/mol. The van der Waals surface area contributed by atoms with Crippen LogP contribution in [0.5, 0.6) is 5.75 Å². The van der Waals surface area contributed by atoms with Crippen LogP contribution in [0.4, 0.5) is 10.1 Å². The monoisotopic (exact) mass is 354 g/mol. The van der Waals surface area contributed by atoms with Crippen molar-refractivity contribution >= 4 is 17.6 Å². The molecule has 1 amide bonds. The number of carboxylic acid groups (broad SMARTS) is 1. The number of nitrogens with one attached hydrogen (secondary N) is 1. The van der Waals surface area contributed by atoms with Gasteiger partial charge in [-0.3, -0.25) is 4.79 Å². The molecular weight excluding hydrogens is 337 g/mol. The van der Waals surface area contributed by atoms with E-state index >= 15 is 0 Å². The number of aliphatic carboxylic acids is 1. The topological polar surface area (TPSA) is 78.5 Å². The van der Waals surface area contributed by atoms with Gasteiger partial charge in [0.25, 0.3) is 5.91 Å². The molecule has 1 aliphatic rings. The van der Waals surface area contributed by atoms with Crippen LogP contribution in [0, 0.1) is 5.82 Å². The third-order valence-electron chi connectivity index (χ3n) is 4.36. The van der Waals surface area contributed by atoms with E-state index in [0.717, 1.165) is 5.56 Å². The number of rotatable bonds is 5. The first-order valence-electron chi connectivity index (χ1n) is 8.18. The Hall–Kier alpha value is -3.15. The fraction of sp³-hybridized carbons (Fsp3) is 0.200. The molecule has 5 nitrogen and oxygen atoms in total. The zero-order valence-corrected chi connectivity index (χ0v) is 14.2. The van der Waals surface area contributed by atoms with Crippen molar-refractivity contribution in [2.75, 3.05) is 12.4 Å². The first-order valence-corrected chi connectivity index (χ1v) is 8.18. The molecule has 134 valence electrons. The molecule has 0 bridgehead atoms. The fourth-order valence-electron chi connectivity index (χ4n) is 3.02. The smallest absolute Gasteiger partial charge is 0.252 e. The second kappa shape index (κ2) is 7.39. The van der Waals surface area contributed by atoms with Gasteiger partial charge in [-0.15, -0.1) is 0 Å². The lowest BCUT2D eigenvalue weighted by Gasteiger charge is -2.11. The minimum absolute atomic E-state index is 0.00116. The number of ether oxygens (including phenoxy) is 1. The molecule has 6 heteroatoms. The van der Waals surface area contributed by atoms with E-state index in [2.05, 4.69) is 5.32 Å². The molecule has 0 heterocycles. The molecule has 2 aromatic rings. The molecule has 0 atom stereocenters. The van der Waals surface area contributed by atoms with Crippen molar-refractivity contribution in [3.05, 3.63) is 59.4 Å². The Labute approximate surface area is 150 Å². The Bertz CT molecular complexity index is 904. The summed E-state index contributed by atoms with van der Waals surface area (Å²) in [6, 6.07) is 11.6. The van der Waals surface area contributed by atoms with Gasteiger partial charge in [-0.05, 0) is 60.2 Å². The minimum atomic E-state index is -1.35. The van der Waals surface area contributed by atoms with Gasteiger partial charge < -0.3 is 20.0 Å². The number of methoxy groups -OCH3 is 1. The summed E-state index contributed by atoms with van der Waals surface area (Å²) in [5.41, 5.74) is 1.56. The summed E-state index contributed by atoms with van der Waals surface area (Å²) in [6.45, 7) is 0. The van der Waals surface area contributed by atoms with E-state index in [0.29, 0.717) is 30.6 Å². The summed E-state index contributed by atoms with van der Waals surface area (Å²) in [4.78, 5) is 23.3. The second-order valence-corrected chi connectivity index (χ2v) is 5.98. The summed E-state index contributed by atoms with van der Waals surface area (Å²) >= 11 is 0. The van der Waals surface area contributed by atoms with Crippen molar-refractivity contribution in [3.63, 3.8) is 0 Å². The molecule has 0 fully saturated rings. The standard InChI is InChI=1S/C20H18FNO4/c1-26-14-5-2-4-12(10-14)13-8-9-18(17(21)11-13)22-19(23)15-6-3-7-16(15)20(24)25/h2,4-5,8-11H,3,6-7H2,1H3,(H,22,23)(H,24,25)/p-1. The highest BCUT2D eigenvalue weighted by Crippen LogP contribution is 2.29. The highest BCUT2D eigenvalue weighted by molar-refractivity contribution is 6.09. The van der Waals surface area contributed by atoms with Gasteiger partial charge in [0.2, 0.25) is 0 Å². The van der Waals surface area contributed by atoms with Gasteiger partial charge in [0.15, 0.2) is 0 Å². The van der Waals surface area contributed by atoms with Crippen LogP contribution in [0.1, 0.15) is 19.3 Å². The highest BCUT2D eigenvalue weighted by Gasteiger charge is 2.22. The maximum atomic E-state index is 14.4. The van der Waals surface area contributed by atoms with Crippen LogP contribution >= 0.6 is 0 Å². The van der Waals surface area contributed by atoms with Crippen LogP contribution in [-0.2, 0) is 9.59 Å². The second-order valence-electron chi connectivity index (χ2n) is 5.98. The van der Waals surface area contributed by atoms with Crippen LogP contribution in [-0.4, -0.2) is 19.0 Å². The van der Waals surface area contributed by atoms with Crippen LogP contribution in [0.25, 0.3) is 11.1 Å². The lowest BCUT2D eigenvalue weighted by molar-refractivity contribution is -0.299. The third kappa shape index (κ3) is 3.59. The molecule has 3 rings (SSSR count). The number of carboxylic acids is 1. The molecule has 1 aliphatic carbocycles. The van der Waals surface area contributed by atoms with Crippen molar-refractivity contribution in [2.24, 2.45) is 0 Å². The highest BCUT2D eigenvalue weighted by atomic mass is 19.1. The zero-order valence-electron chi connectivity index (χ0n) is 14.2. The number of hydrogen-bond acceptors (Lipinski definition) is 4. The number of halogens is 1. The van der Waals surface area contributed by atoms with E-state index in [9.17, 15) is 19.1 Å². The number of hydrogen-bond donors (Lipinski definition) is 1. The Morgan fingerprint density at radius 1 is 1.08 bits per heavy atom. The molecular formula is C20H17FNO4-. The van der Waals surface area contributed by atoms with Crippen molar-refractivity contribution in [3.8, 4) is 16.9 Å². The van der Waals surface area contributed by atoms with Gasteiger partial charge in [0.05, 0.1) is 18.8 Å². The van der Waals surface area contributed by atoms with Gasteiger partial charge >= 0.3 is 0 Å². The van der Waals surface area contributed by atoms with Crippen LogP contribution in [0.2, 0.25) is 0 Å². The molecule has 0 unspecified atom stereocenters. The van der Waals surface area contributed by atoms with Gasteiger partial charge in [0, 0.05) is 5.57 Å². The normalized spacial score (nSPS) is 13.6. The fourth-order valence-corrected chi connectivity index (χ4v) is 3.02. The SMILES string of the molecule is COc1cccc(-c2ccc(NC(=O)C3=C(C(=O)[O-])CCC3)c(F)c2)c1. The van der Waals surface area contributed by atoms with E-state index < -0.39 is 17.7 Å². The van der Waals surface area contributed by atoms with E-state index in [1.54, 1.807) is 31.4 Å². The Morgan fingerprint density at radius 2 is 1.81 bits per heavy atom. The molecule has 0 spiro atoms. The van der Waals surface area contributed by atoms with Crippen LogP contribution in [0.15, 0.2) is 53.6 Å².